The van der Waals surface area contributed by atoms with E-state index in [1.54, 1.807) is 0 Å². The van der Waals surface area contributed by atoms with Crippen LogP contribution in [0.4, 0.5) is 0 Å². The number of nitrogens with zero attached hydrogens (tertiary/aromatic N) is 1. The van der Waals surface area contributed by atoms with Gasteiger partial charge in [0.25, 0.3) is 0 Å². The highest BCUT2D eigenvalue weighted by Crippen LogP contribution is 2.40. The molecule has 0 bridgehead atoms. The van der Waals surface area contributed by atoms with Gasteiger partial charge in [0.05, 0.1) is 5.41 Å². The maximum atomic E-state index is 12.2. The zero-order chi connectivity index (χ0) is 15.9. The molecular formula is C17H21ClN2O3. The smallest absolute Gasteiger partial charge is 0.231 e. The van der Waals surface area contributed by atoms with Crippen LogP contribution in [-0.4, -0.2) is 37.2 Å². The fourth-order valence-electron chi connectivity index (χ4n) is 3.87. The van der Waals surface area contributed by atoms with Crippen molar-refractivity contribution in [3.05, 3.63) is 22.7 Å². The van der Waals surface area contributed by atoms with Gasteiger partial charge in [0, 0.05) is 24.2 Å². The van der Waals surface area contributed by atoms with E-state index in [0.29, 0.717) is 5.02 Å². The Bertz CT molecular complexity index is 627. The number of ether oxygens (including phenoxy) is 2. The minimum absolute atomic E-state index is 0.132. The number of carbonyl (C=O) groups is 1. The lowest BCUT2D eigenvalue weighted by molar-refractivity contribution is -0.136. The van der Waals surface area contributed by atoms with Crippen molar-refractivity contribution in [1.29, 1.82) is 0 Å². The molecular weight excluding hydrogens is 316 g/mol. The summed E-state index contributed by atoms with van der Waals surface area (Å²) in [7, 11) is 0. The number of rotatable bonds is 2. The standard InChI is InChI=1S/C17H21ClN2O3/c18-13-9-15-14(22-11-23-15)8-12(13)10-20-6-3-17(4-7-20)2-1-5-19-16(17)21/h8-9H,1-7,10-11H2,(H,19,21). The second-order valence-electron chi connectivity index (χ2n) is 6.71. The van der Waals surface area contributed by atoms with E-state index in [-0.39, 0.29) is 18.1 Å². The molecule has 0 radical (unpaired) electrons. The van der Waals surface area contributed by atoms with Gasteiger partial charge in [0.15, 0.2) is 11.5 Å². The van der Waals surface area contributed by atoms with Gasteiger partial charge in [-0.05, 0) is 50.4 Å². The van der Waals surface area contributed by atoms with Gasteiger partial charge in [-0.3, -0.25) is 9.69 Å². The van der Waals surface area contributed by atoms with Crippen LogP contribution in [0.5, 0.6) is 11.5 Å². The molecule has 1 N–H and O–H groups in total. The number of likely N-dealkylation sites (tertiary alicyclic amines) is 1. The van der Waals surface area contributed by atoms with Crippen molar-refractivity contribution in [2.45, 2.75) is 32.2 Å². The lowest BCUT2D eigenvalue weighted by Crippen LogP contribution is -2.51. The van der Waals surface area contributed by atoms with Crippen molar-refractivity contribution >= 4 is 17.5 Å². The molecule has 0 saturated carbocycles. The van der Waals surface area contributed by atoms with E-state index in [2.05, 4.69) is 10.2 Å². The topological polar surface area (TPSA) is 50.8 Å². The highest BCUT2D eigenvalue weighted by atomic mass is 35.5. The highest BCUT2D eigenvalue weighted by molar-refractivity contribution is 6.31. The zero-order valence-electron chi connectivity index (χ0n) is 13.1. The molecule has 4 rings (SSSR count). The van der Waals surface area contributed by atoms with Gasteiger partial charge in [-0.1, -0.05) is 11.6 Å². The Morgan fingerprint density at radius 2 is 1.91 bits per heavy atom. The second kappa shape index (κ2) is 5.87. The molecule has 124 valence electrons. The molecule has 6 heteroatoms. The van der Waals surface area contributed by atoms with Crippen molar-refractivity contribution in [3.8, 4) is 11.5 Å². The third-order valence-electron chi connectivity index (χ3n) is 5.35. The number of nitrogens with one attached hydrogen (secondary N) is 1. The second-order valence-corrected chi connectivity index (χ2v) is 7.12. The molecule has 1 aromatic carbocycles. The van der Waals surface area contributed by atoms with Gasteiger partial charge in [0.2, 0.25) is 12.7 Å². The van der Waals surface area contributed by atoms with E-state index in [9.17, 15) is 4.79 Å². The molecule has 3 aliphatic rings. The summed E-state index contributed by atoms with van der Waals surface area (Å²) in [5, 5.41) is 3.75. The summed E-state index contributed by atoms with van der Waals surface area (Å²) in [5.41, 5.74) is 0.924. The van der Waals surface area contributed by atoms with Crippen molar-refractivity contribution in [1.82, 2.24) is 10.2 Å². The molecule has 1 amide bonds. The van der Waals surface area contributed by atoms with Crippen LogP contribution in [0, 0.1) is 5.41 Å². The summed E-state index contributed by atoms with van der Waals surface area (Å²) in [6, 6.07) is 3.81. The van der Waals surface area contributed by atoms with Crippen molar-refractivity contribution in [3.63, 3.8) is 0 Å². The Labute approximate surface area is 140 Å². The van der Waals surface area contributed by atoms with E-state index in [1.807, 2.05) is 12.1 Å². The minimum atomic E-state index is -0.132. The van der Waals surface area contributed by atoms with Crippen LogP contribution in [0.2, 0.25) is 5.02 Å². The lowest BCUT2D eigenvalue weighted by Gasteiger charge is -2.43. The number of benzene rings is 1. The molecule has 0 aliphatic carbocycles. The molecule has 1 aromatic rings. The highest BCUT2D eigenvalue weighted by Gasteiger charge is 2.42. The van der Waals surface area contributed by atoms with Gasteiger partial charge >= 0.3 is 0 Å². The zero-order valence-corrected chi connectivity index (χ0v) is 13.8. The SMILES string of the molecule is O=C1NCCCC12CCN(Cc1cc3c(cc1Cl)OCO3)CC2. The van der Waals surface area contributed by atoms with E-state index >= 15 is 0 Å². The summed E-state index contributed by atoms with van der Waals surface area (Å²) < 4.78 is 10.8. The first-order valence-electron chi connectivity index (χ1n) is 8.25. The van der Waals surface area contributed by atoms with Crippen LogP contribution in [0.3, 0.4) is 0 Å². The first-order chi connectivity index (χ1) is 11.2. The largest absolute Gasteiger partial charge is 0.454 e. The Morgan fingerprint density at radius 1 is 1.17 bits per heavy atom. The van der Waals surface area contributed by atoms with Gasteiger partial charge < -0.3 is 14.8 Å². The average Bonchev–Trinajstić information content (AvgIpc) is 3.00. The monoisotopic (exact) mass is 336 g/mol. The summed E-state index contributed by atoms with van der Waals surface area (Å²) in [5.74, 6) is 1.74. The molecule has 0 atom stereocenters. The van der Waals surface area contributed by atoms with Crippen LogP contribution >= 0.6 is 11.6 Å². The van der Waals surface area contributed by atoms with E-state index in [1.165, 1.54) is 0 Å². The molecule has 23 heavy (non-hydrogen) atoms. The Morgan fingerprint density at radius 3 is 2.65 bits per heavy atom. The Hall–Kier alpha value is -1.46. The normalized spacial score (nSPS) is 23.1. The number of fused-ring (bicyclic) bond motifs is 1. The molecule has 2 saturated heterocycles. The minimum Gasteiger partial charge on any atom is -0.454 e. The maximum absolute atomic E-state index is 12.2. The first kappa shape index (κ1) is 15.1. The van der Waals surface area contributed by atoms with Crippen molar-refractivity contribution in [2.75, 3.05) is 26.4 Å². The summed E-state index contributed by atoms with van der Waals surface area (Å²) in [6.07, 6.45) is 3.99. The number of hydrogen-bond acceptors (Lipinski definition) is 4. The predicted octanol–water partition coefficient (Wildman–Crippen LogP) is 2.56. The molecule has 1 spiro atoms. The Balaban J connectivity index is 1.43. The van der Waals surface area contributed by atoms with E-state index in [4.69, 9.17) is 21.1 Å². The number of hydrogen-bond donors (Lipinski definition) is 1. The molecule has 3 heterocycles. The third-order valence-corrected chi connectivity index (χ3v) is 5.70. The molecule has 3 aliphatic heterocycles. The first-order valence-corrected chi connectivity index (χ1v) is 8.63. The van der Waals surface area contributed by atoms with Crippen LogP contribution in [0.15, 0.2) is 12.1 Å². The molecule has 0 aromatic heterocycles. The lowest BCUT2D eigenvalue weighted by atomic mass is 9.72. The quantitative estimate of drug-likeness (QED) is 0.901. The molecule has 0 unspecified atom stereocenters. The van der Waals surface area contributed by atoms with Gasteiger partial charge in [-0.2, -0.15) is 0 Å². The number of halogens is 1. The summed E-state index contributed by atoms with van der Waals surface area (Å²) >= 11 is 6.37. The maximum Gasteiger partial charge on any atom is 0.231 e. The Kier molecular flexibility index (Phi) is 3.85. The van der Waals surface area contributed by atoms with Gasteiger partial charge in [-0.15, -0.1) is 0 Å². The van der Waals surface area contributed by atoms with Crippen molar-refractivity contribution in [2.24, 2.45) is 5.41 Å². The van der Waals surface area contributed by atoms with Crippen LogP contribution in [-0.2, 0) is 11.3 Å². The van der Waals surface area contributed by atoms with Crippen LogP contribution < -0.4 is 14.8 Å². The summed E-state index contributed by atoms with van der Waals surface area (Å²) in [4.78, 5) is 14.6. The van der Waals surface area contributed by atoms with Crippen LogP contribution in [0.25, 0.3) is 0 Å². The number of carbonyl (C=O) groups excluding carboxylic acids is 1. The van der Waals surface area contributed by atoms with Crippen molar-refractivity contribution < 1.29 is 14.3 Å². The van der Waals surface area contributed by atoms with E-state index in [0.717, 1.165) is 68.9 Å². The fraction of sp³-hybridized carbons (Fsp3) is 0.588. The van der Waals surface area contributed by atoms with Gasteiger partial charge in [-0.25, -0.2) is 0 Å². The molecule has 5 nitrogen and oxygen atoms in total. The number of piperidine rings is 2. The molecule has 2 fully saturated rings. The van der Waals surface area contributed by atoms with E-state index < -0.39 is 0 Å². The summed E-state index contributed by atoms with van der Waals surface area (Å²) in [6.45, 7) is 3.73. The van der Waals surface area contributed by atoms with Gasteiger partial charge in [0.1, 0.15) is 0 Å². The number of amides is 1. The van der Waals surface area contributed by atoms with Crippen LogP contribution in [0.1, 0.15) is 31.2 Å². The fourth-order valence-corrected chi connectivity index (χ4v) is 4.08. The third kappa shape index (κ3) is 2.76. The predicted molar refractivity (Wildman–Crippen MR) is 86.8 cm³/mol. The average molecular weight is 337 g/mol.